The summed E-state index contributed by atoms with van der Waals surface area (Å²) < 4.78 is 1.81. The van der Waals surface area contributed by atoms with Gasteiger partial charge in [-0.3, -0.25) is 9.36 Å². The van der Waals surface area contributed by atoms with Crippen molar-refractivity contribution in [3.63, 3.8) is 0 Å². The van der Waals surface area contributed by atoms with Gasteiger partial charge in [0.15, 0.2) is 5.16 Å². The number of benzene rings is 1. The van der Waals surface area contributed by atoms with Gasteiger partial charge in [0.25, 0.3) is 5.56 Å². The predicted octanol–water partition coefficient (Wildman–Crippen LogP) is -0.340. The van der Waals surface area contributed by atoms with Gasteiger partial charge in [-0.15, -0.1) is 0 Å². The standard InChI is InChI=1S/C12H11BrN2OS.BrH/c1-12(6-13)7-15-10(16)8-4-2-3-5-9(8)14-11(15)17-12;/h2-5H,6-7H2,1H3;1H/p-1. The third-order valence-corrected chi connectivity index (χ3v) is 5.81. The van der Waals surface area contributed by atoms with E-state index in [1.807, 2.05) is 24.3 Å². The number of nitrogens with zero attached hydrogens (tertiary/aromatic N) is 2. The Balaban J connectivity index is 0.00000120. The van der Waals surface area contributed by atoms with Gasteiger partial charge in [0.05, 0.1) is 10.9 Å². The molecule has 0 bridgehead atoms. The molecule has 1 unspecified atom stereocenters. The Morgan fingerprint density at radius 3 is 2.94 bits per heavy atom. The summed E-state index contributed by atoms with van der Waals surface area (Å²) in [6.45, 7) is 2.86. The van der Waals surface area contributed by atoms with Crippen molar-refractivity contribution < 1.29 is 17.0 Å². The lowest BCUT2D eigenvalue weighted by atomic mass is 10.2. The maximum Gasteiger partial charge on any atom is 0.262 e. The number of hydrogen-bond acceptors (Lipinski definition) is 3. The summed E-state index contributed by atoms with van der Waals surface area (Å²) in [5, 5.41) is 2.38. The average molecular weight is 391 g/mol. The van der Waals surface area contributed by atoms with E-state index in [0.717, 1.165) is 22.5 Å². The van der Waals surface area contributed by atoms with Crippen molar-refractivity contribution in [2.24, 2.45) is 0 Å². The van der Waals surface area contributed by atoms with Crippen LogP contribution in [0, 0.1) is 0 Å². The van der Waals surface area contributed by atoms with E-state index < -0.39 is 0 Å². The number of hydrogen-bond donors (Lipinski definition) is 0. The van der Waals surface area contributed by atoms with Crippen LogP contribution < -0.4 is 22.5 Å². The summed E-state index contributed by atoms with van der Waals surface area (Å²) in [7, 11) is 0. The topological polar surface area (TPSA) is 34.9 Å². The largest absolute Gasteiger partial charge is 1.00 e. The minimum absolute atomic E-state index is 0. The second-order valence-electron chi connectivity index (χ2n) is 4.49. The first-order valence-corrected chi connectivity index (χ1v) is 7.31. The second kappa shape index (κ2) is 4.98. The van der Waals surface area contributed by atoms with Gasteiger partial charge in [-0.25, -0.2) is 4.98 Å². The molecule has 1 aliphatic rings. The molecule has 2 aromatic rings. The van der Waals surface area contributed by atoms with Crippen LogP contribution in [0.15, 0.2) is 34.2 Å². The number of halogens is 2. The van der Waals surface area contributed by atoms with Gasteiger partial charge < -0.3 is 17.0 Å². The lowest BCUT2D eigenvalue weighted by molar-refractivity contribution is -0.00000349. The molecule has 18 heavy (non-hydrogen) atoms. The van der Waals surface area contributed by atoms with Crippen LogP contribution in [-0.2, 0) is 6.54 Å². The summed E-state index contributed by atoms with van der Waals surface area (Å²) in [6.07, 6.45) is 0. The van der Waals surface area contributed by atoms with Gasteiger partial charge in [-0.2, -0.15) is 0 Å². The van der Waals surface area contributed by atoms with E-state index in [4.69, 9.17) is 0 Å². The van der Waals surface area contributed by atoms with E-state index in [1.54, 1.807) is 16.3 Å². The van der Waals surface area contributed by atoms with Crippen LogP contribution in [0.5, 0.6) is 0 Å². The van der Waals surface area contributed by atoms with E-state index >= 15 is 0 Å². The Kier molecular flexibility index (Phi) is 3.90. The Labute approximate surface area is 128 Å². The first-order chi connectivity index (χ1) is 8.13. The molecular formula is C12H11Br2N2OS-. The van der Waals surface area contributed by atoms with Gasteiger partial charge in [-0.05, 0) is 19.1 Å². The lowest BCUT2D eigenvalue weighted by Crippen LogP contribution is -3.00. The molecule has 0 fully saturated rings. The Bertz CT molecular complexity index is 658. The van der Waals surface area contributed by atoms with Crippen LogP contribution in [0.1, 0.15) is 6.92 Å². The molecule has 0 radical (unpaired) electrons. The Hall–Kier alpha value is -0.330. The summed E-state index contributed by atoms with van der Waals surface area (Å²) in [5.74, 6) is 0. The second-order valence-corrected chi connectivity index (χ2v) is 6.60. The fourth-order valence-corrected chi connectivity index (χ4v) is 3.63. The zero-order valence-electron chi connectivity index (χ0n) is 9.69. The Morgan fingerprint density at radius 1 is 1.50 bits per heavy atom. The summed E-state index contributed by atoms with van der Waals surface area (Å²) in [6, 6.07) is 7.52. The van der Waals surface area contributed by atoms with Crippen molar-refractivity contribution >= 4 is 38.6 Å². The van der Waals surface area contributed by atoms with E-state index in [2.05, 4.69) is 27.8 Å². The maximum absolute atomic E-state index is 12.3. The smallest absolute Gasteiger partial charge is 0.262 e. The van der Waals surface area contributed by atoms with E-state index in [9.17, 15) is 4.79 Å². The molecule has 0 amide bonds. The number of aromatic nitrogens is 2. The highest BCUT2D eigenvalue weighted by atomic mass is 79.9. The molecule has 1 aromatic heterocycles. The van der Waals surface area contributed by atoms with Crippen LogP contribution in [0.25, 0.3) is 10.9 Å². The zero-order chi connectivity index (χ0) is 12.0. The molecule has 0 aliphatic carbocycles. The highest BCUT2D eigenvalue weighted by Gasteiger charge is 2.35. The number of alkyl halides is 1. The number of rotatable bonds is 1. The van der Waals surface area contributed by atoms with Crippen LogP contribution >= 0.6 is 27.7 Å². The normalized spacial score (nSPS) is 21.7. The molecule has 6 heteroatoms. The van der Waals surface area contributed by atoms with Crippen molar-refractivity contribution in [2.75, 3.05) is 5.33 Å². The van der Waals surface area contributed by atoms with Crippen molar-refractivity contribution in [2.45, 2.75) is 23.4 Å². The zero-order valence-corrected chi connectivity index (χ0v) is 13.7. The lowest BCUT2D eigenvalue weighted by Gasteiger charge is -2.16. The predicted molar refractivity (Wildman–Crippen MR) is 74.1 cm³/mol. The molecule has 0 spiro atoms. The van der Waals surface area contributed by atoms with Crippen LogP contribution in [0.2, 0.25) is 0 Å². The number of para-hydroxylation sites is 1. The van der Waals surface area contributed by atoms with Crippen LogP contribution in [0.3, 0.4) is 0 Å². The summed E-state index contributed by atoms with van der Waals surface area (Å²) >= 11 is 5.18. The Morgan fingerprint density at radius 2 is 2.22 bits per heavy atom. The first-order valence-electron chi connectivity index (χ1n) is 5.37. The summed E-state index contributed by atoms with van der Waals surface area (Å²) in [5.41, 5.74) is 0.859. The van der Waals surface area contributed by atoms with Crippen LogP contribution in [-0.4, -0.2) is 19.6 Å². The van der Waals surface area contributed by atoms with Gasteiger partial charge in [0, 0.05) is 16.6 Å². The average Bonchev–Trinajstić information content (AvgIpc) is 2.68. The van der Waals surface area contributed by atoms with Gasteiger partial charge in [0.1, 0.15) is 0 Å². The molecule has 3 nitrogen and oxygen atoms in total. The van der Waals surface area contributed by atoms with E-state index in [0.29, 0.717) is 5.39 Å². The SMILES string of the molecule is CC1(CBr)Cn2c(nc3ccccc3c2=O)S1.[Br-]. The summed E-state index contributed by atoms with van der Waals surface area (Å²) in [4.78, 5) is 16.9. The van der Waals surface area contributed by atoms with Crippen LogP contribution in [0.4, 0.5) is 0 Å². The molecule has 0 saturated heterocycles. The maximum atomic E-state index is 12.3. The quantitative estimate of drug-likeness (QED) is 0.493. The first kappa shape index (κ1) is 14.1. The third kappa shape index (κ3) is 2.14. The van der Waals surface area contributed by atoms with Gasteiger partial charge in [0.2, 0.25) is 0 Å². The fraction of sp³-hybridized carbons (Fsp3) is 0.333. The monoisotopic (exact) mass is 389 g/mol. The highest BCUT2D eigenvalue weighted by Crippen LogP contribution is 2.40. The third-order valence-electron chi connectivity index (χ3n) is 2.94. The molecule has 1 aromatic carbocycles. The van der Waals surface area contributed by atoms with E-state index in [-0.39, 0.29) is 27.3 Å². The van der Waals surface area contributed by atoms with Crippen molar-refractivity contribution in [1.29, 1.82) is 0 Å². The highest BCUT2D eigenvalue weighted by molar-refractivity contribution is 9.09. The molecule has 96 valence electrons. The number of thioether (sulfide) groups is 1. The number of fused-ring (bicyclic) bond motifs is 2. The molecule has 3 rings (SSSR count). The molecular weight excluding hydrogens is 380 g/mol. The minimum Gasteiger partial charge on any atom is -1.00 e. The fourth-order valence-electron chi connectivity index (χ4n) is 2.02. The molecule has 0 N–H and O–H groups in total. The molecule has 1 aliphatic heterocycles. The molecule has 2 heterocycles. The van der Waals surface area contributed by atoms with E-state index in [1.165, 1.54) is 0 Å². The van der Waals surface area contributed by atoms with Crippen molar-refractivity contribution in [3.05, 3.63) is 34.6 Å². The minimum atomic E-state index is 0. The molecule has 0 saturated carbocycles. The molecule has 1 atom stereocenters. The van der Waals surface area contributed by atoms with Crippen molar-refractivity contribution in [3.8, 4) is 0 Å². The van der Waals surface area contributed by atoms with Crippen molar-refractivity contribution in [1.82, 2.24) is 9.55 Å². The van der Waals surface area contributed by atoms with Gasteiger partial charge in [-0.1, -0.05) is 39.8 Å². The van der Waals surface area contributed by atoms with Gasteiger partial charge >= 0.3 is 0 Å².